The summed E-state index contributed by atoms with van der Waals surface area (Å²) in [5, 5.41) is 2.62. The van der Waals surface area contributed by atoms with E-state index in [4.69, 9.17) is 0 Å². The summed E-state index contributed by atoms with van der Waals surface area (Å²) in [6.45, 7) is 3.65. The quantitative estimate of drug-likeness (QED) is 0.792. The Labute approximate surface area is 159 Å². The second-order valence-corrected chi connectivity index (χ2v) is 8.46. The average molecular weight is 388 g/mol. The topological polar surface area (TPSA) is 91.4 Å². The van der Waals surface area contributed by atoms with Crippen molar-refractivity contribution in [1.82, 2.24) is 9.71 Å². The van der Waals surface area contributed by atoms with E-state index in [1.54, 1.807) is 24.5 Å². The van der Waals surface area contributed by atoms with Crippen molar-refractivity contribution in [3.8, 4) is 0 Å². The number of hydrogen-bond donors (Lipinski definition) is 2. The molecule has 27 heavy (non-hydrogen) atoms. The molecule has 0 unspecified atom stereocenters. The van der Waals surface area contributed by atoms with Gasteiger partial charge in [0.2, 0.25) is 15.9 Å². The van der Waals surface area contributed by atoms with Crippen LogP contribution in [0.1, 0.15) is 19.8 Å². The minimum absolute atomic E-state index is 0.193. The van der Waals surface area contributed by atoms with Crippen LogP contribution in [0.5, 0.6) is 0 Å². The third kappa shape index (κ3) is 5.27. The molecule has 1 aromatic carbocycles. The van der Waals surface area contributed by atoms with Crippen LogP contribution in [0.3, 0.4) is 0 Å². The largest absolute Gasteiger partial charge is 0.371 e. The van der Waals surface area contributed by atoms with E-state index < -0.39 is 10.0 Å². The highest BCUT2D eigenvalue weighted by Crippen LogP contribution is 2.23. The van der Waals surface area contributed by atoms with Crippen LogP contribution in [0.15, 0.2) is 53.7 Å². The zero-order chi connectivity index (χ0) is 19.3. The highest BCUT2D eigenvalue weighted by Gasteiger charge is 2.22. The summed E-state index contributed by atoms with van der Waals surface area (Å²) in [6, 6.07) is 10.2. The molecule has 0 atom stereocenters. The monoisotopic (exact) mass is 388 g/mol. The SMILES string of the molecule is CC(=O)Nc1ccc(S(=O)(=O)NCC2CCN(c3ccncc3)CC2)cc1. The molecule has 144 valence electrons. The van der Waals surface area contributed by atoms with Crippen molar-refractivity contribution < 1.29 is 13.2 Å². The molecule has 1 aromatic heterocycles. The molecule has 8 heteroatoms. The lowest BCUT2D eigenvalue weighted by Crippen LogP contribution is -2.38. The van der Waals surface area contributed by atoms with Crippen molar-refractivity contribution >= 4 is 27.3 Å². The first-order valence-corrected chi connectivity index (χ1v) is 10.4. The maximum absolute atomic E-state index is 12.5. The number of sulfonamides is 1. The molecule has 1 aliphatic heterocycles. The van der Waals surface area contributed by atoms with E-state index in [1.165, 1.54) is 19.1 Å². The normalized spacial score (nSPS) is 15.5. The number of anilines is 2. The van der Waals surface area contributed by atoms with Gasteiger partial charge >= 0.3 is 0 Å². The third-order valence-electron chi connectivity index (χ3n) is 4.69. The first kappa shape index (κ1) is 19.3. The number of hydrogen-bond acceptors (Lipinski definition) is 5. The van der Waals surface area contributed by atoms with Crippen LogP contribution in [0, 0.1) is 5.92 Å². The summed E-state index contributed by atoms with van der Waals surface area (Å²) in [5.74, 6) is 0.123. The molecular formula is C19H24N4O3S. The Hall–Kier alpha value is -2.45. The Bertz CT molecular complexity index is 862. The molecule has 1 fully saturated rings. The summed E-state index contributed by atoms with van der Waals surface area (Å²) >= 11 is 0. The minimum Gasteiger partial charge on any atom is -0.371 e. The number of piperidine rings is 1. The van der Waals surface area contributed by atoms with Gasteiger partial charge in [-0.3, -0.25) is 9.78 Å². The van der Waals surface area contributed by atoms with Crippen LogP contribution >= 0.6 is 0 Å². The number of nitrogens with zero attached hydrogens (tertiary/aromatic N) is 2. The first-order valence-electron chi connectivity index (χ1n) is 8.96. The van der Waals surface area contributed by atoms with Crippen molar-refractivity contribution in [2.45, 2.75) is 24.7 Å². The Morgan fingerprint density at radius 3 is 2.33 bits per heavy atom. The van der Waals surface area contributed by atoms with E-state index in [2.05, 4.69) is 19.9 Å². The Morgan fingerprint density at radius 2 is 1.74 bits per heavy atom. The van der Waals surface area contributed by atoms with E-state index >= 15 is 0 Å². The van der Waals surface area contributed by atoms with E-state index in [-0.39, 0.29) is 10.8 Å². The number of amides is 1. The van der Waals surface area contributed by atoms with E-state index in [0.29, 0.717) is 18.2 Å². The second kappa shape index (κ2) is 8.49. The average Bonchev–Trinajstić information content (AvgIpc) is 2.67. The fourth-order valence-corrected chi connectivity index (χ4v) is 4.30. The molecule has 1 saturated heterocycles. The first-order chi connectivity index (χ1) is 12.9. The van der Waals surface area contributed by atoms with Gasteiger partial charge in [-0.1, -0.05) is 0 Å². The molecule has 7 nitrogen and oxygen atoms in total. The van der Waals surface area contributed by atoms with Crippen LogP contribution in [0.4, 0.5) is 11.4 Å². The predicted molar refractivity (Wildman–Crippen MR) is 105 cm³/mol. The number of carbonyl (C=O) groups excluding carboxylic acids is 1. The Balaban J connectivity index is 1.51. The summed E-state index contributed by atoms with van der Waals surface area (Å²) in [6.07, 6.45) is 5.44. The van der Waals surface area contributed by atoms with E-state index in [0.717, 1.165) is 31.6 Å². The van der Waals surface area contributed by atoms with Crippen LogP contribution in [-0.2, 0) is 14.8 Å². The predicted octanol–water partition coefficient (Wildman–Crippen LogP) is 2.23. The van der Waals surface area contributed by atoms with Gasteiger partial charge in [0.15, 0.2) is 0 Å². The molecule has 3 rings (SSSR count). The molecule has 2 heterocycles. The number of nitrogens with one attached hydrogen (secondary N) is 2. The Morgan fingerprint density at radius 1 is 1.11 bits per heavy atom. The number of benzene rings is 1. The number of rotatable bonds is 6. The molecule has 2 aromatic rings. The van der Waals surface area contributed by atoms with E-state index in [1.807, 2.05) is 12.1 Å². The van der Waals surface area contributed by atoms with Crippen LogP contribution in [-0.4, -0.2) is 38.9 Å². The number of aromatic nitrogens is 1. The molecule has 0 saturated carbocycles. The van der Waals surface area contributed by atoms with Gasteiger partial charge < -0.3 is 10.2 Å². The third-order valence-corrected chi connectivity index (χ3v) is 6.13. The van der Waals surface area contributed by atoms with Crippen molar-refractivity contribution in [3.05, 3.63) is 48.8 Å². The lowest BCUT2D eigenvalue weighted by atomic mass is 9.97. The molecule has 0 spiro atoms. The molecule has 2 N–H and O–H groups in total. The van der Waals surface area contributed by atoms with Gasteiger partial charge in [-0.05, 0) is 55.2 Å². The van der Waals surface area contributed by atoms with Gasteiger partial charge in [0, 0.05) is 50.3 Å². The van der Waals surface area contributed by atoms with E-state index in [9.17, 15) is 13.2 Å². The lowest BCUT2D eigenvalue weighted by Gasteiger charge is -2.33. The highest BCUT2D eigenvalue weighted by molar-refractivity contribution is 7.89. The maximum Gasteiger partial charge on any atom is 0.240 e. The molecule has 1 aliphatic rings. The summed E-state index contributed by atoms with van der Waals surface area (Å²) < 4.78 is 27.7. The Kier molecular flexibility index (Phi) is 6.08. The van der Waals surface area contributed by atoms with Crippen LogP contribution < -0.4 is 14.9 Å². The fourth-order valence-electron chi connectivity index (χ4n) is 3.18. The summed E-state index contributed by atoms with van der Waals surface area (Å²) in [7, 11) is -3.56. The van der Waals surface area contributed by atoms with Crippen LogP contribution in [0.2, 0.25) is 0 Å². The number of carbonyl (C=O) groups is 1. The standard InChI is InChI=1S/C19H24N4O3S/c1-15(24)22-17-2-4-19(5-3-17)27(25,26)21-14-16-8-12-23(13-9-16)18-6-10-20-11-7-18/h2-7,10-11,16,21H,8-9,12-14H2,1H3,(H,22,24). The lowest BCUT2D eigenvalue weighted by molar-refractivity contribution is -0.114. The van der Waals surface area contributed by atoms with Crippen LogP contribution in [0.25, 0.3) is 0 Å². The fraction of sp³-hybridized carbons (Fsp3) is 0.368. The molecule has 0 bridgehead atoms. The van der Waals surface area contributed by atoms with Gasteiger partial charge in [0.05, 0.1) is 4.90 Å². The summed E-state index contributed by atoms with van der Waals surface area (Å²) in [5.41, 5.74) is 1.73. The minimum atomic E-state index is -3.56. The van der Waals surface area contributed by atoms with Crippen molar-refractivity contribution in [3.63, 3.8) is 0 Å². The summed E-state index contributed by atoms with van der Waals surface area (Å²) in [4.78, 5) is 17.6. The maximum atomic E-state index is 12.5. The smallest absolute Gasteiger partial charge is 0.240 e. The molecule has 1 amide bonds. The second-order valence-electron chi connectivity index (χ2n) is 6.69. The van der Waals surface area contributed by atoms with Gasteiger partial charge in [-0.15, -0.1) is 0 Å². The van der Waals surface area contributed by atoms with Gasteiger partial charge in [-0.25, -0.2) is 13.1 Å². The van der Waals surface area contributed by atoms with Gasteiger partial charge in [-0.2, -0.15) is 0 Å². The zero-order valence-electron chi connectivity index (χ0n) is 15.3. The molecular weight excluding hydrogens is 364 g/mol. The van der Waals surface area contributed by atoms with Gasteiger partial charge in [0.1, 0.15) is 0 Å². The molecule has 0 radical (unpaired) electrons. The van der Waals surface area contributed by atoms with Crippen molar-refractivity contribution in [2.24, 2.45) is 5.92 Å². The van der Waals surface area contributed by atoms with Gasteiger partial charge in [0.25, 0.3) is 0 Å². The molecule has 0 aliphatic carbocycles. The number of pyridine rings is 1. The zero-order valence-corrected chi connectivity index (χ0v) is 16.1. The van der Waals surface area contributed by atoms with Crippen molar-refractivity contribution in [2.75, 3.05) is 29.9 Å². The van der Waals surface area contributed by atoms with Crippen molar-refractivity contribution in [1.29, 1.82) is 0 Å². The highest BCUT2D eigenvalue weighted by atomic mass is 32.2.